The van der Waals surface area contributed by atoms with Crippen LogP contribution in [-0.2, 0) is 14.8 Å². The van der Waals surface area contributed by atoms with Crippen molar-refractivity contribution in [2.24, 2.45) is 0 Å². The minimum atomic E-state index is -3.62. The van der Waals surface area contributed by atoms with Gasteiger partial charge in [0, 0.05) is 31.6 Å². The molecular weight excluding hydrogens is 440 g/mol. The summed E-state index contributed by atoms with van der Waals surface area (Å²) in [5.74, 6) is 0.465. The molecule has 0 spiro atoms. The van der Waals surface area contributed by atoms with Crippen LogP contribution < -0.4 is 10.0 Å². The maximum Gasteiger partial charge on any atom is 0.254 e. The van der Waals surface area contributed by atoms with Crippen LogP contribution in [0.4, 0.5) is 5.82 Å². The molecule has 0 aliphatic carbocycles. The number of hydrogen-bond acceptors (Lipinski definition) is 6. The Balaban J connectivity index is 1.47. The van der Waals surface area contributed by atoms with Crippen molar-refractivity contribution in [3.8, 4) is 0 Å². The molecule has 8 nitrogen and oxygen atoms in total. The van der Waals surface area contributed by atoms with Crippen LogP contribution in [0, 0.1) is 13.8 Å². The van der Waals surface area contributed by atoms with Crippen molar-refractivity contribution in [2.45, 2.75) is 18.7 Å². The molecule has 1 aliphatic rings. The lowest BCUT2D eigenvalue weighted by molar-refractivity contribution is 0.0304. The molecule has 2 heterocycles. The van der Waals surface area contributed by atoms with Gasteiger partial charge in [0.25, 0.3) is 5.91 Å². The van der Waals surface area contributed by atoms with Crippen molar-refractivity contribution in [3.05, 3.63) is 65.2 Å². The first-order chi connectivity index (χ1) is 15.8. The van der Waals surface area contributed by atoms with E-state index in [4.69, 9.17) is 4.74 Å². The van der Waals surface area contributed by atoms with Gasteiger partial charge in [-0.1, -0.05) is 30.3 Å². The molecule has 4 rings (SSSR count). The van der Waals surface area contributed by atoms with Gasteiger partial charge in [-0.05, 0) is 43.2 Å². The SMILES string of the molecule is Cc1ccc(C)c(S(=O)(=O)NCCNc2cc(C(=O)N3CCOCC3)c3ccccc3n2)c1. The number of benzene rings is 2. The molecule has 0 bridgehead atoms. The highest BCUT2D eigenvalue weighted by Gasteiger charge is 2.22. The quantitative estimate of drug-likeness (QED) is 0.517. The first-order valence-corrected chi connectivity index (χ1v) is 12.4. The highest BCUT2D eigenvalue weighted by Crippen LogP contribution is 2.23. The number of nitrogens with one attached hydrogen (secondary N) is 2. The summed E-state index contributed by atoms with van der Waals surface area (Å²) in [7, 11) is -3.62. The molecule has 3 aromatic rings. The van der Waals surface area contributed by atoms with Crippen molar-refractivity contribution in [1.29, 1.82) is 0 Å². The number of morpholine rings is 1. The number of aryl methyl sites for hydroxylation is 2. The smallest absolute Gasteiger partial charge is 0.254 e. The molecule has 1 aliphatic heterocycles. The lowest BCUT2D eigenvalue weighted by Gasteiger charge is -2.27. The van der Waals surface area contributed by atoms with E-state index in [-0.39, 0.29) is 17.3 Å². The average Bonchev–Trinajstić information content (AvgIpc) is 2.83. The standard InChI is InChI=1S/C24H28N4O4S/c1-17-7-8-18(2)22(15-17)33(30,31)26-10-9-25-23-16-20(19-5-3-4-6-21(19)27-23)24(29)28-11-13-32-14-12-28/h3-8,15-16,26H,9-14H2,1-2H3,(H,25,27). The summed E-state index contributed by atoms with van der Waals surface area (Å²) in [6, 6.07) is 14.6. The second-order valence-electron chi connectivity index (χ2n) is 8.07. The Bertz CT molecular complexity index is 1270. The minimum Gasteiger partial charge on any atom is -0.378 e. The molecular formula is C24H28N4O4S. The number of amides is 1. The van der Waals surface area contributed by atoms with E-state index in [2.05, 4.69) is 15.0 Å². The van der Waals surface area contributed by atoms with Crippen LogP contribution >= 0.6 is 0 Å². The van der Waals surface area contributed by atoms with Gasteiger partial charge >= 0.3 is 0 Å². The van der Waals surface area contributed by atoms with Crippen molar-refractivity contribution >= 4 is 32.7 Å². The van der Waals surface area contributed by atoms with Gasteiger partial charge in [0.05, 0.1) is 29.2 Å². The molecule has 0 saturated carbocycles. The van der Waals surface area contributed by atoms with E-state index in [9.17, 15) is 13.2 Å². The molecule has 1 aromatic heterocycles. The number of para-hydroxylation sites is 1. The fraction of sp³-hybridized carbons (Fsp3) is 0.333. The summed E-state index contributed by atoms with van der Waals surface area (Å²) in [4.78, 5) is 19.8. The largest absolute Gasteiger partial charge is 0.378 e. The first-order valence-electron chi connectivity index (χ1n) is 10.9. The Hall–Kier alpha value is -3.01. The normalized spacial score (nSPS) is 14.4. The van der Waals surface area contributed by atoms with E-state index in [0.29, 0.717) is 55.3 Å². The van der Waals surface area contributed by atoms with Gasteiger partial charge in [0.2, 0.25) is 10.0 Å². The van der Waals surface area contributed by atoms with E-state index in [1.54, 1.807) is 30.0 Å². The van der Waals surface area contributed by atoms with Crippen molar-refractivity contribution < 1.29 is 17.9 Å². The lowest BCUT2D eigenvalue weighted by Crippen LogP contribution is -2.40. The average molecular weight is 469 g/mol. The number of pyridine rings is 1. The van der Waals surface area contributed by atoms with Gasteiger partial charge in [-0.2, -0.15) is 0 Å². The Kier molecular flexibility index (Phi) is 6.92. The topological polar surface area (TPSA) is 101 Å². The number of ether oxygens (including phenoxy) is 1. The Labute approximate surface area is 194 Å². The molecule has 0 radical (unpaired) electrons. The van der Waals surface area contributed by atoms with Gasteiger partial charge in [-0.15, -0.1) is 0 Å². The Morgan fingerprint density at radius 3 is 2.61 bits per heavy atom. The van der Waals surface area contributed by atoms with Gasteiger partial charge in [-0.3, -0.25) is 4.79 Å². The maximum absolute atomic E-state index is 13.2. The van der Waals surface area contributed by atoms with E-state index in [1.165, 1.54) is 0 Å². The Morgan fingerprint density at radius 2 is 1.82 bits per heavy atom. The molecule has 1 saturated heterocycles. The number of sulfonamides is 1. The summed E-state index contributed by atoms with van der Waals surface area (Å²) in [6.45, 7) is 6.30. The molecule has 0 atom stereocenters. The molecule has 33 heavy (non-hydrogen) atoms. The van der Waals surface area contributed by atoms with Crippen LogP contribution in [0.2, 0.25) is 0 Å². The van der Waals surface area contributed by atoms with Crippen LogP contribution in [0.25, 0.3) is 10.9 Å². The summed E-state index contributed by atoms with van der Waals surface area (Å²) in [5.41, 5.74) is 2.86. The summed E-state index contributed by atoms with van der Waals surface area (Å²) < 4.78 is 33.4. The van der Waals surface area contributed by atoms with Gasteiger partial charge in [0.1, 0.15) is 5.82 Å². The number of hydrogen-bond donors (Lipinski definition) is 2. The summed E-state index contributed by atoms with van der Waals surface area (Å²) >= 11 is 0. The van der Waals surface area contributed by atoms with Gasteiger partial charge in [-0.25, -0.2) is 18.1 Å². The van der Waals surface area contributed by atoms with E-state index < -0.39 is 10.0 Å². The molecule has 1 fully saturated rings. The molecule has 1 amide bonds. The van der Waals surface area contributed by atoms with Gasteiger partial charge in [0.15, 0.2) is 0 Å². The molecule has 2 aromatic carbocycles. The summed E-state index contributed by atoms with van der Waals surface area (Å²) in [6.07, 6.45) is 0. The summed E-state index contributed by atoms with van der Waals surface area (Å²) in [5, 5.41) is 3.94. The molecule has 9 heteroatoms. The lowest BCUT2D eigenvalue weighted by atomic mass is 10.1. The predicted molar refractivity (Wildman–Crippen MR) is 128 cm³/mol. The minimum absolute atomic E-state index is 0.0597. The Morgan fingerprint density at radius 1 is 1.06 bits per heavy atom. The predicted octanol–water partition coefficient (Wildman–Crippen LogP) is 2.71. The van der Waals surface area contributed by atoms with Crippen LogP contribution in [0.3, 0.4) is 0 Å². The molecule has 2 N–H and O–H groups in total. The van der Waals surface area contributed by atoms with Crippen LogP contribution in [0.15, 0.2) is 53.4 Å². The van der Waals surface area contributed by atoms with Crippen LogP contribution in [-0.4, -0.2) is 63.6 Å². The molecule has 0 unspecified atom stereocenters. The third-order valence-corrected chi connectivity index (χ3v) is 7.20. The number of fused-ring (bicyclic) bond motifs is 1. The number of carbonyl (C=O) groups is 1. The number of carbonyl (C=O) groups excluding carboxylic acids is 1. The van der Waals surface area contributed by atoms with E-state index >= 15 is 0 Å². The fourth-order valence-corrected chi connectivity index (χ4v) is 5.19. The second kappa shape index (κ2) is 9.86. The first kappa shape index (κ1) is 23.2. The molecule has 174 valence electrons. The van der Waals surface area contributed by atoms with Crippen molar-refractivity contribution in [2.75, 3.05) is 44.7 Å². The number of anilines is 1. The van der Waals surface area contributed by atoms with E-state index in [0.717, 1.165) is 10.9 Å². The van der Waals surface area contributed by atoms with Crippen LogP contribution in [0.1, 0.15) is 21.5 Å². The zero-order valence-electron chi connectivity index (χ0n) is 18.8. The van der Waals surface area contributed by atoms with E-state index in [1.807, 2.05) is 37.3 Å². The zero-order chi connectivity index (χ0) is 23.4. The second-order valence-corrected chi connectivity index (χ2v) is 9.81. The highest BCUT2D eigenvalue weighted by atomic mass is 32.2. The van der Waals surface area contributed by atoms with Gasteiger partial charge < -0.3 is 15.0 Å². The zero-order valence-corrected chi connectivity index (χ0v) is 19.6. The van der Waals surface area contributed by atoms with Crippen molar-refractivity contribution in [1.82, 2.24) is 14.6 Å². The maximum atomic E-state index is 13.2. The third kappa shape index (κ3) is 5.32. The number of aromatic nitrogens is 1. The number of nitrogens with zero attached hydrogens (tertiary/aromatic N) is 2. The number of rotatable bonds is 7. The highest BCUT2D eigenvalue weighted by molar-refractivity contribution is 7.89. The van der Waals surface area contributed by atoms with Crippen LogP contribution in [0.5, 0.6) is 0 Å². The fourth-order valence-electron chi connectivity index (χ4n) is 3.83. The third-order valence-electron chi connectivity index (χ3n) is 5.60. The van der Waals surface area contributed by atoms with Crippen molar-refractivity contribution in [3.63, 3.8) is 0 Å². The monoisotopic (exact) mass is 468 g/mol.